The maximum atomic E-state index is 4.39. The molecule has 3 nitrogen and oxygen atoms in total. The minimum absolute atomic E-state index is 0.0708. The van der Waals surface area contributed by atoms with Crippen LogP contribution in [0.5, 0.6) is 0 Å². The van der Waals surface area contributed by atoms with Crippen molar-refractivity contribution in [3.05, 3.63) is 23.9 Å². The van der Waals surface area contributed by atoms with E-state index in [1.54, 1.807) is 0 Å². The monoisotopic (exact) mass is 191 g/mol. The molecule has 2 rings (SSSR count). The Bertz CT molecular complexity index is 325. The molecule has 0 aliphatic carbocycles. The first kappa shape index (κ1) is 9.46. The van der Waals surface area contributed by atoms with Crippen LogP contribution < -0.4 is 5.32 Å². The Balaban J connectivity index is 2.31. The number of nitrogens with zero attached hydrogens (tertiary/aromatic N) is 2. The number of fused-ring (bicyclic) bond motifs is 1. The fraction of sp³-hybridized carbons (Fsp3) is 0.545. The van der Waals surface area contributed by atoms with Gasteiger partial charge >= 0.3 is 0 Å². The van der Waals surface area contributed by atoms with Crippen LogP contribution >= 0.6 is 0 Å². The van der Waals surface area contributed by atoms with Gasteiger partial charge < -0.3 is 0 Å². The van der Waals surface area contributed by atoms with E-state index in [-0.39, 0.29) is 11.6 Å². The zero-order valence-corrected chi connectivity index (χ0v) is 9.04. The van der Waals surface area contributed by atoms with Crippen LogP contribution in [0, 0.1) is 5.41 Å². The summed E-state index contributed by atoms with van der Waals surface area (Å²) >= 11 is 0. The van der Waals surface area contributed by atoms with Gasteiger partial charge in [-0.15, -0.1) is 0 Å². The summed E-state index contributed by atoms with van der Waals surface area (Å²) in [7, 11) is 0. The van der Waals surface area contributed by atoms with E-state index in [0.29, 0.717) is 0 Å². The third kappa shape index (κ3) is 1.38. The Hall–Kier alpha value is -1.09. The average molecular weight is 191 g/mol. The van der Waals surface area contributed by atoms with Crippen LogP contribution in [-0.2, 0) is 0 Å². The molecule has 0 bridgehead atoms. The van der Waals surface area contributed by atoms with Crippen LogP contribution in [0.25, 0.3) is 0 Å². The summed E-state index contributed by atoms with van der Waals surface area (Å²) in [6, 6.07) is 0. The first-order chi connectivity index (χ1) is 6.50. The molecule has 3 heteroatoms. The summed E-state index contributed by atoms with van der Waals surface area (Å²) in [4.78, 5) is 0. The second-order valence-corrected chi connectivity index (χ2v) is 4.68. The van der Waals surface area contributed by atoms with Crippen LogP contribution in [0.1, 0.15) is 20.8 Å². The lowest BCUT2D eigenvalue weighted by atomic mass is 9.92. The number of rotatable bonds is 0. The van der Waals surface area contributed by atoms with E-state index in [0.717, 1.165) is 12.2 Å². The SMILES string of the molecule is C=C1C=C(C)CNC2N1N=CC2(C)C. The molecule has 0 aromatic rings. The van der Waals surface area contributed by atoms with Gasteiger partial charge in [0.1, 0.15) is 6.17 Å². The lowest BCUT2D eigenvalue weighted by molar-refractivity contribution is 0.184. The van der Waals surface area contributed by atoms with Gasteiger partial charge in [0.15, 0.2) is 0 Å². The molecule has 1 N–H and O–H groups in total. The molecule has 0 saturated heterocycles. The van der Waals surface area contributed by atoms with Crippen LogP contribution in [0.2, 0.25) is 0 Å². The van der Waals surface area contributed by atoms with Gasteiger partial charge in [0.25, 0.3) is 0 Å². The van der Waals surface area contributed by atoms with E-state index in [2.05, 4.69) is 43.8 Å². The van der Waals surface area contributed by atoms with Crippen LogP contribution in [0.3, 0.4) is 0 Å². The highest BCUT2D eigenvalue weighted by Crippen LogP contribution is 2.31. The van der Waals surface area contributed by atoms with Crippen LogP contribution in [0.4, 0.5) is 0 Å². The molecule has 0 saturated carbocycles. The predicted molar refractivity (Wildman–Crippen MR) is 58.8 cm³/mol. The zero-order valence-electron chi connectivity index (χ0n) is 9.04. The Morgan fingerprint density at radius 1 is 1.64 bits per heavy atom. The standard InChI is InChI=1S/C11H17N3/c1-8-5-9(2)14-10(12-6-8)11(3,4)7-13-14/h5,7,10,12H,2,6H2,1,3-4H3. The molecular formula is C11H17N3. The summed E-state index contributed by atoms with van der Waals surface area (Å²) < 4.78 is 0. The molecule has 0 aromatic heterocycles. The van der Waals surface area contributed by atoms with Crippen molar-refractivity contribution in [2.75, 3.05) is 6.54 Å². The normalized spacial score (nSPS) is 29.9. The highest BCUT2D eigenvalue weighted by molar-refractivity contribution is 5.68. The van der Waals surface area contributed by atoms with Gasteiger partial charge in [0.05, 0.1) is 5.70 Å². The van der Waals surface area contributed by atoms with E-state index in [4.69, 9.17) is 0 Å². The van der Waals surface area contributed by atoms with Crippen molar-refractivity contribution >= 4 is 6.21 Å². The molecule has 2 aliphatic rings. The maximum absolute atomic E-state index is 4.39. The summed E-state index contributed by atoms with van der Waals surface area (Å²) in [6.07, 6.45) is 4.32. The Kier molecular flexibility index (Phi) is 2.00. The molecule has 0 fully saturated rings. The molecule has 76 valence electrons. The fourth-order valence-electron chi connectivity index (χ4n) is 1.91. The maximum Gasteiger partial charge on any atom is 0.112 e. The van der Waals surface area contributed by atoms with Gasteiger partial charge in [0, 0.05) is 18.2 Å². The second-order valence-electron chi connectivity index (χ2n) is 4.68. The van der Waals surface area contributed by atoms with Crippen molar-refractivity contribution in [2.24, 2.45) is 10.5 Å². The van der Waals surface area contributed by atoms with Gasteiger partial charge in [-0.25, -0.2) is 5.01 Å². The fourth-order valence-corrected chi connectivity index (χ4v) is 1.91. The minimum atomic E-state index is 0.0708. The van der Waals surface area contributed by atoms with E-state index in [9.17, 15) is 0 Å². The number of hydrogen-bond donors (Lipinski definition) is 1. The van der Waals surface area contributed by atoms with Crippen molar-refractivity contribution in [2.45, 2.75) is 26.9 Å². The molecule has 2 aliphatic heterocycles. The lowest BCUT2D eigenvalue weighted by Gasteiger charge is -2.31. The quantitative estimate of drug-likeness (QED) is 0.631. The van der Waals surface area contributed by atoms with E-state index in [1.165, 1.54) is 5.57 Å². The van der Waals surface area contributed by atoms with Gasteiger partial charge in [-0.3, -0.25) is 5.32 Å². The molecule has 1 unspecified atom stereocenters. The Morgan fingerprint density at radius 3 is 3.07 bits per heavy atom. The number of hydrazone groups is 1. The predicted octanol–water partition coefficient (Wildman–Crippen LogP) is 1.70. The molecule has 2 heterocycles. The largest absolute Gasteiger partial charge is 0.291 e. The van der Waals surface area contributed by atoms with Gasteiger partial charge in [-0.05, 0) is 13.0 Å². The number of hydrogen-bond acceptors (Lipinski definition) is 3. The zero-order chi connectivity index (χ0) is 10.3. The molecule has 1 atom stereocenters. The third-order valence-electron chi connectivity index (χ3n) is 2.75. The summed E-state index contributed by atoms with van der Waals surface area (Å²) in [5.41, 5.74) is 2.34. The van der Waals surface area contributed by atoms with E-state index in [1.807, 2.05) is 11.2 Å². The van der Waals surface area contributed by atoms with Crippen molar-refractivity contribution in [1.82, 2.24) is 10.3 Å². The second kappa shape index (κ2) is 2.95. The number of allylic oxidation sites excluding steroid dienone is 1. The van der Waals surface area contributed by atoms with Crippen LogP contribution in [-0.4, -0.2) is 23.9 Å². The van der Waals surface area contributed by atoms with Gasteiger partial charge in [0.2, 0.25) is 0 Å². The summed E-state index contributed by atoms with van der Waals surface area (Å²) in [5.74, 6) is 0. The van der Waals surface area contributed by atoms with Crippen LogP contribution in [0.15, 0.2) is 29.0 Å². The van der Waals surface area contributed by atoms with Gasteiger partial charge in [-0.1, -0.05) is 26.0 Å². The molecule has 0 radical (unpaired) electrons. The van der Waals surface area contributed by atoms with Gasteiger partial charge in [-0.2, -0.15) is 5.10 Å². The van der Waals surface area contributed by atoms with Crippen molar-refractivity contribution < 1.29 is 0 Å². The minimum Gasteiger partial charge on any atom is -0.291 e. The highest BCUT2D eigenvalue weighted by atomic mass is 15.5. The Labute approximate surface area is 85.2 Å². The third-order valence-corrected chi connectivity index (χ3v) is 2.75. The Morgan fingerprint density at radius 2 is 2.36 bits per heavy atom. The smallest absolute Gasteiger partial charge is 0.112 e. The number of nitrogens with one attached hydrogen (secondary N) is 1. The summed E-state index contributed by atoms with van der Waals surface area (Å²) in [6.45, 7) is 11.4. The van der Waals surface area contributed by atoms with Crippen molar-refractivity contribution in [1.29, 1.82) is 0 Å². The topological polar surface area (TPSA) is 27.6 Å². The molecule has 0 amide bonds. The first-order valence-corrected chi connectivity index (χ1v) is 4.94. The van der Waals surface area contributed by atoms with E-state index >= 15 is 0 Å². The molecule has 14 heavy (non-hydrogen) atoms. The molecular weight excluding hydrogens is 174 g/mol. The highest BCUT2D eigenvalue weighted by Gasteiger charge is 2.38. The van der Waals surface area contributed by atoms with E-state index < -0.39 is 0 Å². The average Bonchev–Trinajstić information content (AvgIpc) is 2.28. The first-order valence-electron chi connectivity index (χ1n) is 4.94. The van der Waals surface area contributed by atoms with Crippen molar-refractivity contribution in [3.8, 4) is 0 Å². The molecule has 0 spiro atoms. The summed E-state index contributed by atoms with van der Waals surface area (Å²) in [5, 5.41) is 9.84. The van der Waals surface area contributed by atoms with Crippen molar-refractivity contribution in [3.63, 3.8) is 0 Å². The lowest BCUT2D eigenvalue weighted by Crippen LogP contribution is -2.47. The molecule has 0 aromatic carbocycles.